The van der Waals surface area contributed by atoms with Gasteiger partial charge >= 0.3 is 0 Å². The topological polar surface area (TPSA) is 24.9 Å². The van der Waals surface area contributed by atoms with E-state index in [2.05, 4.69) is 36.3 Å². The Morgan fingerprint density at radius 2 is 2.05 bits per heavy atom. The molecule has 0 spiro atoms. The van der Waals surface area contributed by atoms with Gasteiger partial charge in [0, 0.05) is 35.9 Å². The van der Waals surface area contributed by atoms with Crippen LogP contribution < -0.4 is 5.32 Å². The largest absolute Gasteiger partial charge is 0.310 e. The van der Waals surface area contributed by atoms with Crippen LogP contribution in [0.2, 0.25) is 5.02 Å². The lowest BCUT2D eigenvalue weighted by Crippen LogP contribution is -2.22. The van der Waals surface area contributed by atoms with E-state index in [-0.39, 0.29) is 0 Å². The van der Waals surface area contributed by atoms with Crippen LogP contribution in [0, 0.1) is 0 Å². The molecule has 0 saturated heterocycles. The standard InChI is InChI=1S/C16H19ClN2/c1-12(2)19-11-14-9-13(6-7-16(14)17)10-15-5-3-4-8-18-15/h3-9,12,19H,10-11H2,1-2H3. The number of hydrogen-bond acceptors (Lipinski definition) is 2. The third kappa shape index (κ3) is 4.34. The van der Waals surface area contributed by atoms with E-state index in [0.717, 1.165) is 29.2 Å². The number of nitrogens with zero attached hydrogens (tertiary/aromatic N) is 1. The molecule has 0 atom stereocenters. The number of halogens is 1. The summed E-state index contributed by atoms with van der Waals surface area (Å²) in [6.07, 6.45) is 2.67. The highest BCUT2D eigenvalue weighted by molar-refractivity contribution is 6.31. The third-order valence-electron chi connectivity index (χ3n) is 2.92. The van der Waals surface area contributed by atoms with E-state index in [1.807, 2.05) is 30.5 Å². The Hall–Kier alpha value is -1.38. The molecule has 1 N–H and O–H groups in total. The molecule has 0 amide bonds. The van der Waals surface area contributed by atoms with E-state index >= 15 is 0 Å². The molecule has 1 aromatic carbocycles. The van der Waals surface area contributed by atoms with Crippen LogP contribution in [-0.4, -0.2) is 11.0 Å². The van der Waals surface area contributed by atoms with Crippen LogP contribution in [0.4, 0.5) is 0 Å². The highest BCUT2D eigenvalue weighted by Gasteiger charge is 2.04. The molecule has 2 rings (SSSR count). The average Bonchev–Trinajstić information content (AvgIpc) is 2.40. The lowest BCUT2D eigenvalue weighted by molar-refractivity contribution is 0.588. The number of hydrogen-bond donors (Lipinski definition) is 1. The molecule has 0 radical (unpaired) electrons. The van der Waals surface area contributed by atoms with E-state index in [0.29, 0.717) is 6.04 Å². The van der Waals surface area contributed by atoms with E-state index < -0.39 is 0 Å². The second-order valence-electron chi connectivity index (χ2n) is 4.96. The van der Waals surface area contributed by atoms with Crippen molar-refractivity contribution in [3.63, 3.8) is 0 Å². The van der Waals surface area contributed by atoms with Gasteiger partial charge in [0.25, 0.3) is 0 Å². The summed E-state index contributed by atoms with van der Waals surface area (Å²) >= 11 is 6.23. The highest BCUT2D eigenvalue weighted by atomic mass is 35.5. The zero-order chi connectivity index (χ0) is 13.7. The van der Waals surface area contributed by atoms with Crippen LogP contribution in [0.1, 0.15) is 30.7 Å². The van der Waals surface area contributed by atoms with Gasteiger partial charge in [0.05, 0.1) is 0 Å². The average molecular weight is 275 g/mol. The van der Waals surface area contributed by atoms with Crippen molar-refractivity contribution >= 4 is 11.6 Å². The maximum Gasteiger partial charge on any atom is 0.0451 e. The summed E-state index contributed by atoms with van der Waals surface area (Å²) in [6, 6.07) is 12.6. The van der Waals surface area contributed by atoms with Crippen molar-refractivity contribution in [3.05, 3.63) is 64.4 Å². The maximum absolute atomic E-state index is 6.23. The fraction of sp³-hybridized carbons (Fsp3) is 0.312. The van der Waals surface area contributed by atoms with Gasteiger partial charge in [-0.3, -0.25) is 4.98 Å². The minimum atomic E-state index is 0.454. The first kappa shape index (κ1) is 14.0. The lowest BCUT2D eigenvalue weighted by atomic mass is 10.1. The first-order valence-corrected chi connectivity index (χ1v) is 6.93. The molecule has 0 saturated carbocycles. The first-order chi connectivity index (χ1) is 9.15. The SMILES string of the molecule is CC(C)NCc1cc(Cc2ccccn2)ccc1Cl. The molecule has 100 valence electrons. The van der Waals surface area contributed by atoms with Crippen LogP contribution in [0.15, 0.2) is 42.6 Å². The molecule has 0 aliphatic rings. The predicted molar refractivity (Wildman–Crippen MR) is 80.5 cm³/mol. The summed E-state index contributed by atoms with van der Waals surface area (Å²) in [6.45, 7) is 5.06. The predicted octanol–water partition coefficient (Wildman–Crippen LogP) is 3.82. The van der Waals surface area contributed by atoms with Crippen molar-refractivity contribution in [2.45, 2.75) is 32.9 Å². The number of aromatic nitrogens is 1. The summed E-state index contributed by atoms with van der Waals surface area (Å²) in [5.74, 6) is 0. The molecule has 19 heavy (non-hydrogen) atoms. The van der Waals surface area contributed by atoms with Crippen LogP contribution in [0.25, 0.3) is 0 Å². The van der Waals surface area contributed by atoms with Gasteiger partial charge in [-0.15, -0.1) is 0 Å². The summed E-state index contributed by atoms with van der Waals surface area (Å²) in [7, 11) is 0. The van der Waals surface area contributed by atoms with Gasteiger partial charge in [0.15, 0.2) is 0 Å². The molecular weight excluding hydrogens is 256 g/mol. The molecule has 0 fully saturated rings. The Bertz CT molecular complexity index is 524. The Labute approximate surface area is 119 Å². The molecule has 3 heteroatoms. The smallest absolute Gasteiger partial charge is 0.0451 e. The lowest BCUT2D eigenvalue weighted by Gasteiger charge is -2.11. The van der Waals surface area contributed by atoms with Crippen LogP contribution in [0.5, 0.6) is 0 Å². The molecule has 2 aromatic rings. The number of benzene rings is 1. The molecule has 0 aliphatic heterocycles. The van der Waals surface area contributed by atoms with E-state index in [9.17, 15) is 0 Å². The Balaban J connectivity index is 2.12. The van der Waals surface area contributed by atoms with Crippen molar-refractivity contribution in [3.8, 4) is 0 Å². The van der Waals surface area contributed by atoms with E-state index in [4.69, 9.17) is 11.6 Å². The van der Waals surface area contributed by atoms with Crippen LogP contribution in [0.3, 0.4) is 0 Å². The van der Waals surface area contributed by atoms with Gasteiger partial charge in [0.1, 0.15) is 0 Å². The van der Waals surface area contributed by atoms with Crippen molar-refractivity contribution in [1.29, 1.82) is 0 Å². The van der Waals surface area contributed by atoms with Crippen LogP contribution >= 0.6 is 11.6 Å². The van der Waals surface area contributed by atoms with E-state index in [1.165, 1.54) is 5.56 Å². The minimum absolute atomic E-state index is 0.454. The zero-order valence-electron chi connectivity index (χ0n) is 11.4. The summed E-state index contributed by atoms with van der Waals surface area (Å²) < 4.78 is 0. The number of rotatable bonds is 5. The molecule has 0 bridgehead atoms. The van der Waals surface area contributed by atoms with Crippen molar-refractivity contribution in [2.75, 3.05) is 0 Å². The van der Waals surface area contributed by atoms with Gasteiger partial charge in [-0.25, -0.2) is 0 Å². The zero-order valence-corrected chi connectivity index (χ0v) is 12.1. The Morgan fingerprint density at radius 3 is 2.74 bits per heavy atom. The first-order valence-electron chi connectivity index (χ1n) is 6.56. The fourth-order valence-electron chi connectivity index (χ4n) is 1.90. The highest BCUT2D eigenvalue weighted by Crippen LogP contribution is 2.19. The molecular formula is C16H19ClN2. The molecule has 2 nitrogen and oxygen atoms in total. The second kappa shape index (κ2) is 6.69. The third-order valence-corrected chi connectivity index (χ3v) is 3.29. The Morgan fingerprint density at radius 1 is 1.21 bits per heavy atom. The fourth-order valence-corrected chi connectivity index (χ4v) is 2.08. The molecule has 1 heterocycles. The maximum atomic E-state index is 6.23. The summed E-state index contributed by atoms with van der Waals surface area (Å²) in [5, 5.41) is 4.21. The second-order valence-corrected chi connectivity index (χ2v) is 5.37. The minimum Gasteiger partial charge on any atom is -0.310 e. The molecule has 0 unspecified atom stereocenters. The quantitative estimate of drug-likeness (QED) is 0.896. The number of pyridine rings is 1. The van der Waals surface area contributed by atoms with Gasteiger partial charge in [0.2, 0.25) is 0 Å². The summed E-state index contributed by atoms with van der Waals surface area (Å²) in [5.41, 5.74) is 3.46. The van der Waals surface area contributed by atoms with Crippen molar-refractivity contribution in [2.24, 2.45) is 0 Å². The van der Waals surface area contributed by atoms with Crippen LogP contribution in [-0.2, 0) is 13.0 Å². The van der Waals surface area contributed by atoms with Gasteiger partial charge in [-0.05, 0) is 29.3 Å². The van der Waals surface area contributed by atoms with Gasteiger partial charge in [-0.2, -0.15) is 0 Å². The van der Waals surface area contributed by atoms with Crippen molar-refractivity contribution in [1.82, 2.24) is 10.3 Å². The summed E-state index contributed by atoms with van der Waals surface area (Å²) in [4.78, 5) is 4.35. The normalized spacial score (nSPS) is 10.9. The number of nitrogens with one attached hydrogen (secondary N) is 1. The van der Waals surface area contributed by atoms with Crippen molar-refractivity contribution < 1.29 is 0 Å². The molecule has 1 aromatic heterocycles. The molecule has 0 aliphatic carbocycles. The monoisotopic (exact) mass is 274 g/mol. The van der Waals surface area contributed by atoms with Gasteiger partial charge in [-0.1, -0.05) is 43.6 Å². The van der Waals surface area contributed by atoms with Gasteiger partial charge < -0.3 is 5.32 Å². The Kier molecular flexibility index (Phi) is 4.94. The van der Waals surface area contributed by atoms with E-state index in [1.54, 1.807) is 0 Å².